The number of benzene rings is 4. The van der Waals surface area contributed by atoms with Crippen LogP contribution in [0.3, 0.4) is 0 Å². The molecule has 2 amide bonds. The molecule has 0 saturated heterocycles. The molecule has 7 aromatic heterocycles. The number of carbonyl (C=O) groups excluding carboxylic acids is 2. The number of anilines is 2. The summed E-state index contributed by atoms with van der Waals surface area (Å²) in [5.74, 6) is 1.52. The van der Waals surface area contributed by atoms with E-state index in [0.717, 1.165) is 173 Å². The van der Waals surface area contributed by atoms with Gasteiger partial charge in [-0.2, -0.15) is 0 Å². The smallest absolute Gasteiger partial charge is 1.00 e. The number of aromatic nitrogens is 8. The van der Waals surface area contributed by atoms with Crippen molar-refractivity contribution in [2.75, 3.05) is 50.0 Å². The number of carbonyl (C=O) groups is 2. The van der Waals surface area contributed by atoms with Crippen LogP contribution in [0.5, 0.6) is 11.5 Å². The molecule has 11 aromatic rings. The molecule has 2 aliphatic rings. The van der Waals surface area contributed by atoms with Gasteiger partial charge in [-0.15, -0.1) is 22.1 Å². The number of nitrogens with one attached hydrogen (secondary N) is 4. The molecule has 4 aromatic carbocycles. The largest absolute Gasteiger partial charge is 2.00 e. The maximum atomic E-state index is 12.8. The number of hydrogen-bond donors (Lipinski definition) is 4. The second-order valence-corrected chi connectivity index (χ2v) is 25.1. The summed E-state index contributed by atoms with van der Waals surface area (Å²) < 4.78 is 16.6. The Morgan fingerprint density at radius 1 is 0.430 bits per heavy atom. The summed E-state index contributed by atoms with van der Waals surface area (Å²) in [6, 6.07) is 48.2. The molecule has 0 atom stereocenters. The van der Waals surface area contributed by atoms with Gasteiger partial charge < -0.3 is 65.5 Å². The van der Waals surface area contributed by atoms with Crippen molar-refractivity contribution in [1.82, 2.24) is 40.5 Å². The van der Waals surface area contributed by atoms with Gasteiger partial charge in [0.05, 0.1) is 47.0 Å². The fraction of sp³-hybridized carbons (Fsp3) is 0.215. The Morgan fingerprint density at radius 3 is 1.19 bits per heavy atom. The van der Waals surface area contributed by atoms with Crippen molar-refractivity contribution < 1.29 is 69.5 Å². The van der Waals surface area contributed by atoms with Crippen LogP contribution in [0, 0.1) is 0 Å². The summed E-state index contributed by atoms with van der Waals surface area (Å²) in [5.41, 5.74) is 17.0. The van der Waals surface area contributed by atoms with Crippen molar-refractivity contribution in [2.24, 2.45) is 14.1 Å². The zero-order valence-electron chi connectivity index (χ0n) is 55.3. The Morgan fingerprint density at radius 2 is 0.790 bits per heavy atom. The fourth-order valence-corrected chi connectivity index (χ4v) is 12.5. The Bertz CT molecular complexity index is 4910. The van der Waals surface area contributed by atoms with Crippen LogP contribution in [-0.4, -0.2) is 71.1 Å². The summed E-state index contributed by atoms with van der Waals surface area (Å²) in [6.45, 7) is 3.62. The molecule has 13 rings (SSSR count). The van der Waals surface area contributed by atoms with Gasteiger partial charge in [-0.25, -0.2) is 19.1 Å². The summed E-state index contributed by atoms with van der Waals surface area (Å²) >= 11 is 12.3. The molecule has 0 radical (unpaired) electrons. The molecule has 0 saturated carbocycles. The van der Waals surface area contributed by atoms with Crippen LogP contribution >= 0.6 is 23.2 Å². The van der Waals surface area contributed by atoms with Crippen LogP contribution in [0.2, 0.25) is 10.0 Å². The molecule has 8 bridgehead atoms. The Kier molecular flexibility index (Phi) is 25.5. The number of halogens is 4. The van der Waals surface area contributed by atoms with Gasteiger partial charge in [-0.05, 0) is 187 Å². The second kappa shape index (κ2) is 34.9. The van der Waals surface area contributed by atoms with Crippen LogP contribution in [0.25, 0.3) is 113 Å². The first-order chi connectivity index (χ1) is 47.5. The average Bonchev–Trinajstić information content (AvgIpc) is 1.61. The van der Waals surface area contributed by atoms with E-state index in [2.05, 4.69) is 128 Å². The van der Waals surface area contributed by atoms with Gasteiger partial charge in [0.1, 0.15) is 25.6 Å². The first-order valence-corrected chi connectivity index (χ1v) is 33.8. The minimum Gasteiger partial charge on any atom is -1.00 e. The summed E-state index contributed by atoms with van der Waals surface area (Å²) in [7, 11) is 4.02. The van der Waals surface area contributed by atoms with E-state index < -0.39 is 0 Å². The van der Waals surface area contributed by atoms with Crippen molar-refractivity contribution in [2.45, 2.75) is 57.8 Å². The van der Waals surface area contributed by atoms with Crippen LogP contribution in [-0.2, 0) is 40.2 Å². The van der Waals surface area contributed by atoms with Gasteiger partial charge in [0.25, 0.3) is 0 Å². The van der Waals surface area contributed by atoms with Crippen molar-refractivity contribution in [1.29, 1.82) is 0 Å². The first-order valence-electron chi connectivity index (χ1n) is 33.1. The summed E-state index contributed by atoms with van der Waals surface area (Å²) in [6.07, 6.45) is 26.2. The Labute approximate surface area is 613 Å². The molecule has 0 spiro atoms. The number of fused-ring (bicyclic) bond motifs is 10. The monoisotopic (exact) mass is 1450 g/mol. The Hall–Kier alpha value is -9.61. The molecule has 100 heavy (non-hydrogen) atoms. The van der Waals surface area contributed by atoms with Crippen LogP contribution in [0.4, 0.5) is 11.4 Å². The molecule has 0 aliphatic carbocycles. The van der Waals surface area contributed by atoms with Gasteiger partial charge in [0, 0.05) is 108 Å². The quantitative estimate of drug-likeness (QED) is 0.0217. The van der Waals surface area contributed by atoms with Gasteiger partial charge in [0.2, 0.25) is 11.8 Å². The van der Waals surface area contributed by atoms with Gasteiger partial charge in [0.15, 0.2) is 24.8 Å². The summed E-state index contributed by atoms with van der Waals surface area (Å²) in [5, 5.41) is 16.5. The molecule has 2 aliphatic heterocycles. The van der Waals surface area contributed by atoms with Crippen molar-refractivity contribution >= 4 is 115 Å². The van der Waals surface area contributed by atoms with E-state index in [0.29, 0.717) is 68.6 Å². The molecule has 512 valence electrons. The molecule has 16 nitrogen and oxygen atoms in total. The van der Waals surface area contributed by atoms with E-state index in [-0.39, 0.29) is 53.1 Å². The van der Waals surface area contributed by atoms with Gasteiger partial charge in [-0.3, -0.25) is 19.6 Å². The van der Waals surface area contributed by atoms with Crippen LogP contribution < -0.4 is 74.7 Å². The van der Waals surface area contributed by atoms with Crippen LogP contribution in [0.1, 0.15) is 80.6 Å². The molecule has 0 unspecified atom stereocenters. The molecule has 0 fully saturated rings. The number of pyridine rings is 4. The van der Waals surface area contributed by atoms with E-state index in [9.17, 15) is 9.59 Å². The predicted molar refractivity (Wildman–Crippen MR) is 390 cm³/mol. The van der Waals surface area contributed by atoms with E-state index in [1.807, 2.05) is 121 Å². The third-order valence-electron chi connectivity index (χ3n) is 17.2. The van der Waals surface area contributed by atoms with Crippen LogP contribution in [0.15, 0.2) is 183 Å². The van der Waals surface area contributed by atoms with E-state index >= 15 is 0 Å². The predicted octanol–water partition coefficient (Wildman–Crippen LogP) is 9.36. The van der Waals surface area contributed by atoms with Crippen molar-refractivity contribution in [3.05, 3.63) is 216 Å². The standard InChI is InChI=1S/C79H74Cl2N12O4.2ClH.Ni/c1-92-44-34-54(35-45-92)78-68-28-26-66(89-68)76(52-12-18-58(19-13-52)96-48-7-3-10-74(94)86-39-6-5-38-82-62-32-42-84-72-50-56(80)16-22-60(62)72)64-24-25-65(88-64)77(67-27-29-69(90-67)79(71-31-30-70(78)91-71)55-36-46-93(2)47-37-55)53-14-20-59(21-15-53)97-49-8-4-11-75(95)87-41-9-40-83-63-33-43-85-73-51-57(81)17-23-61(63)73;;;/h12-37,42-47,50-51H,3-11,38-41,48-49H2,1-2H3,(H4-,82,83,84,85,86,87,88,89,90,91,94,95);2*1H;/q;;;+2/p-2. The number of rotatable bonds is 27. The minimum absolute atomic E-state index is 0. The fourth-order valence-electron chi connectivity index (χ4n) is 12.2. The second-order valence-electron chi connectivity index (χ2n) is 24.2. The molecule has 21 heteroatoms. The Balaban J connectivity index is 0.00000360. The molecule has 9 heterocycles. The third kappa shape index (κ3) is 18.1. The number of nitrogens with zero attached hydrogens (tertiary/aromatic N) is 8. The van der Waals surface area contributed by atoms with Gasteiger partial charge >= 0.3 is 16.5 Å². The first kappa shape index (κ1) is 73.1. The molecular weight excluding hydrogens is 1380 g/mol. The average molecular weight is 1460 g/mol. The third-order valence-corrected chi connectivity index (χ3v) is 17.7. The number of hydrogen-bond acceptors (Lipinski definition) is 10. The molecule has 4 N–H and O–H groups in total. The number of amides is 2. The normalized spacial score (nSPS) is 11.4. The minimum atomic E-state index is 0. The number of unbranched alkanes of at least 4 members (excludes halogenated alkanes) is 3. The maximum absolute atomic E-state index is 12.8. The topological polar surface area (TPSA) is 188 Å². The zero-order valence-corrected chi connectivity index (χ0v) is 59.3. The van der Waals surface area contributed by atoms with E-state index in [4.69, 9.17) is 52.6 Å². The zero-order chi connectivity index (χ0) is 66.5. The molecular formula is C79H74Cl4N12NiO4. The van der Waals surface area contributed by atoms with Gasteiger partial charge in [-0.1, -0.05) is 71.7 Å². The van der Waals surface area contributed by atoms with E-state index in [1.54, 1.807) is 12.4 Å². The van der Waals surface area contributed by atoms with Crippen molar-refractivity contribution in [3.63, 3.8) is 0 Å². The summed E-state index contributed by atoms with van der Waals surface area (Å²) in [4.78, 5) is 56.3. The number of aryl methyl sites for hydroxylation is 2. The van der Waals surface area contributed by atoms with E-state index in [1.165, 1.54) is 0 Å². The SMILES string of the molecule is C[n+]1ccc(-c2c3nc(c(-c4ccc(OCCCCC(=O)NCCCCNc5ccnc6cc(Cl)ccc56)cc4)c4ccc([n-]4)c(-c4ccc(OCCCCC(=O)NCCCNc5ccnc6cc(Cl)ccc56)cc4)c4nc(c(-c5cc[n+](C)cc5)c5ccc2[n-]5)C=C4)C=C3)cc1.[Cl-].[Cl-].[Ni+2]. The maximum Gasteiger partial charge on any atom is 2.00 e. The number of ether oxygens (including phenoxy) is 2. The van der Waals surface area contributed by atoms with Crippen molar-refractivity contribution in [3.8, 4) is 56.0 Å².